The number of aromatic nitrogens is 2. The predicted molar refractivity (Wildman–Crippen MR) is 79.4 cm³/mol. The Bertz CT molecular complexity index is 792. The lowest BCUT2D eigenvalue weighted by Gasteiger charge is -2.07. The van der Waals surface area contributed by atoms with Crippen LogP contribution in [0.3, 0.4) is 0 Å². The standard InChI is InChI=1S/C16H13N3O2/c20-15(11-9-21-14-8-4-1-5-10(11)14)19-16-17-12-6-2-3-7-13(12)18-16/h1-8,11H,9H2,(H2,17,18,19,20). The van der Waals surface area contributed by atoms with Crippen molar-refractivity contribution in [3.05, 3.63) is 54.1 Å². The van der Waals surface area contributed by atoms with Crippen LogP contribution in [0.4, 0.5) is 5.95 Å². The van der Waals surface area contributed by atoms with Crippen LogP contribution in [0.25, 0.3) is 11.0 Å². The number of benzene rings is 2. The van der Waals surface area contributed by atoms with Gasteiger partial charge in [-0.1, -0.05) is 30.3 Å². The lowest BCUT2D eigenvalue weighted by molar-refractivity contribution is -0.117. The number of fused-ring (bicyclic) bond motifs is 2. The lowest BCUT2D eigenvalue weighted by Crippen LogP contribution is -2.22. The van der Waals surface area contributed by atoms with E-state index in [4.69, 9.17) is 4.74 Å². The van der Waals surface area contributed by atoms with Gasteiger partial charge in [-0.3, -0.25) is 10.1 Å². The SMILES string of the molecule is O=C(Nc1nc2ccccc2[nH]1)C1COc2ccccc21. The Balaban J connectivity index is 1.59. The zero-order valence-electron chi connectivity index (χ0n) is 11.2. The van der Waals surface area contributed by atoms with Crippen molar-refractivity contribution < 1.29 is 9.53 Å². The summed E-state index contributed by atoms with van der Waals surface area (Å²) in [6, 6.07) is 15.3. The van der Waals surface area contributed by atoms with Gasteiger partial charge in [0, 0.05) is 5.56 Å². The minimum Gasteiger partial charge on any atom is -0.492 e. The van der Waals surface area contributed by atoms with E-state index in [0.717, 1.165) is 22.3 Å². The fourth-order valence-electron chi connectivity index (χ4n) is 2.60. The van der Waals surface area contributed by atoms with Crippen LogP contribution in [0.2, 0.25) is 0 Å². The first-order valence-electron chi connectivity index (χ1n) is 6.78. The molecule has 0 aliphatic carbocycles. The highest BCUT2D eigenvalue weighted by molar-refractivity contribution is 5.96. The molecule has 104 valence electrons. The van der Waals surface area contributed by atoms with Gasteiger partial charge in [-0.15, -0.1) is 0 Å². The third-order valence-corrected chi connectivity index (χ3v) is 3.65. The summed E-state index contributed by atoms with van der Waals surface area (Å²) in [5.41, 5.74) is 2.65. The first-order valence-corrected chi connectivity index (χ1v) is 6.78. The van der Waals surface area contributed by atoms with Crippen molar-refractivity contribution in [2.24, 2.45) is 0 Å². The number of hydrogen-bond acceptors (Lipinski definition) is 3. The van der Waals surface area contributed by atoms with Crippen LogP contribution >= 0.6 is 0 Å². The molecule has 2 aromatic carbocycles. The van der Waals surface area contributed by atoms with Gasteiger partial charge in [-0.2, -0.15) is 0 Å². The van der Waals surface area contributed by atoms with Crippen LogP contribution in [0.5, 0.6) is 5.75 Å². The van der Waals surface area contributed by atoms with Gasteiger partial charge in [0.15, 0.2) is 0 Å². The summed E-state index contributed by atoms with van der Waals surface area (Å²) in [5.74, 6) is 0.834. The molecule has 5 nitrogen and oxygen atoms in total. The van der Waals surface area contributed by atoms with Crippen LogP contribution < -0.4 is 10.1 Å². The third-order valence-electron chi connectivity index (χ3n) is 3.65. The second-order valence-corrected chi connectivity index (χ2v) is 4.99. The molecule has 2 heterocycles. The van der Waals surface area contributed by atoms with E-state index in [1.807, 2.05) is 48.5 Å². The summed E-state index contributed by atoms with van der Waals surface area (Å²) >= 11 is 0. The Kier molecular flexibility index (Phi) is 2.64. The molecule has 21 heavy (non-hydrogen) atoms. The summed E-state index contributed by atoms with van der Waals surface area (Å²) < 4.78 is 5.54. The molecule has 1 aliphatic heterocycles. The summed E-state index contributed by atoms with van der Waals surface area (Å²) in [6.45, 7) is 0.366. The Labute approximate surface area is 121 Å². The molecule has 0 spiro atoms. The molecule has 0 radical (unpaired) electrons. The number of nitrogens with one attached hydrogen (secondary N) is 2. The van der Waals surface area contributed by atoms with Gasteiger partial charge in [-0.25, -0.2) is 4.98 Å². The molecule has 0 fully saturated rings. The number of amides is 1. The smallest absolute Gasteiger partial charge is 0.237 e. The van der Waals surface area contributed by atoms with E-state index >= 15 is 0 Å². The van der Waals surface area contributed by atoms with Crippen LogP contribution in [0.1, 0.15) is 11.5 Å². The van der Waals surface area contributed by atoms with Crippen molar-refractivity contribution in [3.63, 3.8) is 0 Å². The molecular formula is C16H13N3O2. The van der Waals surface area contributed by atoms with Crippen LogP contribution in [0, 0.1) is 0 Å². The molecule has 1 aliphatic rings. The molecule has 4 rings (SSSR count). The molecule has 0 bridgehead atoms. The van der Waals surface area contributed by atoms with Gasteiger partial charge in [0.1, 0.15) is 18.3 Å². The maximum Gasteiger partial charge on any atom is 0.237 e. The van der Waals surface area contributed by atoms with E-state index in [0.29, 0.717) is 12.6 Å². The number of para-hydroxylation sites is 3. The number of carbonyl (C=O) groups excluding carboxylic acids is 1. The topological polar surface area (TPSA) is 67.0 Å². The minimum atomic E-state index is -0.297. The quantitative estimate of drug-likeness (QED) is 0.758. The van der Waals surface area contributed by atoms with Gasteiger partial charge < -0.3 is 9.72 Å². The predicted octanol–water partition coefficient (Wildman–Crippen LogP) is 2.68. The second-order valence-electron chi connectivity index (χ2n) is 4.99. The van der Waals surface area contributed by atoms with Crippen LogP contribution in [-0.4, -0.2) is 22.5 Å². The largest absolute Gasteiger partial charge is 0.492 e. The number of imidazole rings is 1. The molecule has 0 saturated carbocycles. The highest BCUT2D eigenvalue weighted by atomic mass is 16.5. The second kappa shape index (κ2) is 4.63. The molecule has 5 heteroatoms. The molecule has 1 atom stereocenters. The van der Waals surface area contributed by atoms with Crippen LogP contribution in [-0.2, 0) is 4.79 Å². The van der Waals surface area contributed by atoms with E-state index in [1.54, 1.807) is 0 Å². The maximum absolute atomic E-state index is 12.4. The van der Waals surface area contributed by atoms with Crippen molar-refractivity contribution in [2.45, 2.75) is 5.92 Å². The fourth-order valence-corrected chi connectivity index (χ4v) is 2.60. The molecule has 1 aromatic heterocycles. The van der Waals surface area contributed by atoms with Crippen LogP contribution in [0.15, 0.2) is 48.5 Å². The highest BCUT2D eigenvalue weighted by Crippen LogP contribution is 2.34. The van der Waals surface area contributed by atoms with Gasteiger partial charge in [-0.05, 0) is 18.2 Å². The van der Waals surface area contributed by atoms with Crippen molar-refractivity contribution in [1.82, 2.24) is 9.97 Å². The minimum absolute atomic E-state index is 0.112. The Morgan fingerprint density at radius 3 is 2.90 bits per heavy atom. The number of rotatable bonds is 2. The molecule has 3 aromatic rings. The fraction of sp³-hybridized carbons (Fsp3) is 0.125. The molecule has 0 saturated heterocycles. The van der Waals surface area contributed by atoms with E-state index in [2.05, 4.69) is 15.3 Å². The number of hydrogen-bond donors (Lipinski definition) is 2. The van der Waals surface area contributed by atoms with Crippen molar-refractivity contribution in [1.29, 1.82) is 0 Å². The van der Waals surface area contributed by atoms with E-state index < -0.39 is 0 Å². The number of carbonyl (C=O) groups is 1. The van der Waals surface area contributed by atoms with Gasteiger partial charge >= 0.3 is 0 Å². The Hall–Kier alpha value is -2.82. The average Bonchev–Trinajstić information content (AvgIpc) is 3.10. The zero-order valence-corrected chi connectivity index (χ0v) is 11.2. The lowest BCUT2D eigenvalue weighted by atomic mass is 10.0. The monoisotopic (exact) mass is 279 g/mol. The number of H-pyrrole nitrogens is 1. The highest BCUT2D eigenvalue weighted by Gasteiger charge is 2.30. The van der Waals surface area contributed by atoms with Gasteiger partial charge in [0.25, 0.3) is 0 Å². The number of aromatic amines is 1. The first kappa shape index (κ1) is 12.0. The van der Waals surface area contributed by atoms with Gasteiger partial charge in [0.05, 0.1) is 11.0 Å². The molecule has 2 N–H and O–H groups in total. The zero-order chi connectivity index (χ0) is 14.2. The maximum atomic E-state index is 12.4. The number of nitrogens with zero attached hydrogens (tertiary/aromatic N) is 1. The van der Waals surface area contributed by atoms with E-state index in [1.165, 1.54) is 0 Å². The first-order chi connectivity index (χ1) is 10.3. The molecular weight excluding hydrogens is 266 g/mol. The normalized spacial score (nSPS) is 16.5. The summed E-state index contributed by atoms with van der Waals surface area (Å²) in [7, 11) is 0. The van der Waals surface area contributed by atoms with Gasteiger partial charge in [0.2, 0.25) is 11.9 Å². The average molecular weight is 279 g/mol. The summed E-state index contributed by atoms with van der Waals surface area (Å²) in [6.07, 6.45) is 0. The Morgan fingerprint density at radius 2 is 2.00 bits per heavy atom. The molecule has 1 amide bonds. The Morgan fingerprint density at radius 1 is 1.19 bits per heavy atom. The van der Waals surface area contributed by atoms with E-state index in [9.17, 15) is 4.79 Å². The summed E-state index contributed by atoms with van der Waals surface area (Å²) in [5, 5.41) is 2.83. The van der Waals surface area contributed by atoms with Crippen molar-refractivity contribution >= 4 is 22.9 Å². The van der Waals surface area contributed by atoms with Crippen molar-refractivity contribution in [3.8, 4) is 5.75 Å². The van der Waals surface area contributed by atoms with Crippen molar-refractivity contribution in [2.75, 3.05) is 11.9 Å². The summed E-state index contributed by atoms with van der Waals surface area (Å²) in [4.78, 5) is 19.8. The third kappa shape index (κ3) is 2.03. The number of ether oxygens (including phenoxy) is 1. The number of anilines is 1. The van der Waals surface area contributed by atoms with E-state index in [-0.39, 0.29) is 11.8 Å². The molecule has 1 unspecified atom stereocenters.